The summed E-state index contributed by atoms with van der Waals surface area (Å²) in [6.07, 6.45) is 2.89. The van der Waals surface area contributed by atoms with E-state index in [9.17, 15) is 14.4 Å². The standard InChI is InChI=1S/C14H15N3O3/c1-10(11-5-3-2-4-6-11)17-8-7-16(9-12(15)18)13(19)14(17)20/h2-8,10H,9H2,1H3,(H2,15,18). The normalized spacial score (nSPS) is 12.1. The van der Waals surface area contributed by atoms with E-state index in [0.717, 1.165) is 10.1 Å². The van der Waals surface area contributed by atoms with Gasteiger partial charge < -0.3 is 10.3 Å². The SMILES string of the molecule is CC(c1ccccc1)n1ccn(CC(N)=O)c(=O)c1=O. The van der Waals surface area contributed by atoms with Crippen molar-refractivity contribution in [3.05, 3.63) is 69.0 Å². The van der Waals surface area contributed by atoms with Gasteiger partial charge >= 0.3 is 11.1 Å². The number of hydrogen-bond donors (Lipinski definition) is 1. The molecule has 1 amide bonds. The molecule has 2 N–H and O–H groups in total. The smallest absolute Gasteiger partial charge is 0.317 e. The molecule has 0 aliphatic heterocycles. The van der Waals surface area contributed by atoms with Gasteiger partial charge in [0.15, 0.2) is 0 Å². The van der Waals surface area contributed by atoms with Crippen LogP contribution in [0.25, 0.3) is 0 Å². The third kappa shape index (κ3) is 2.69. The lowest BCUT2D eigenvalue weighted by molar-refractivity contribution is -0.118. The van der Waals surface area contributed by atoms with Crippen molar-refractivity contribution in [2.24, 2.45) is 5.73 Å². The van der Waals surface area contributed by atoms with Crippen molar-refractivity contribution in [3.63, 3.8) is 0 Å². The van der Waals surface area contributed by atoms with Crippen LogP contribution in [0.4, 0.5) is 0 Å². The summed E-state index contributed by atoms with van der Waals surface area (Å²) in [5.41, 5.74) is 4.51. The summed E-state index contributed by atoms with van der Waals surface area (Å²) in [6, 6.07) is 9.11. The Balaban J connectivity index is 2.45. The number of carbonyl (C=O) groups excluding carboxylic acids is 1. The number of hydrogen-bond acceptors (Lipinski definition) is 3. The molecule has 0 saturated carbocycles. The Morgan fingerprint density at radius 2 is 1.80 bits per heavy atom. The maximum atomic E-state index is 12.1. The minimum absolute atomic E-state index is 0.264. The molecule has 0 bridgehead atoms. The Morgan fingerprint density at radius 3 is 2.40 bits per heavy atom. The first-order valence-electron chi connectivity index (χ1n) is 6.15. The molecule has 6 nitrogen and oxygen atoms in total. The molecular formula is C14H15N3O3. The number of benzene rings is 1. The Morgan fingerprint density at radius 1 is 1.15 bits per heavy atom. The van der Waals surface area contributed by atoms with Gasteiger partial charge in [0, 0.05) is 12.4 Å². The van der Waals surface area contributed by atoms with Crippen molar-refractivity contribution < 1.29 is 4.79 Å². The molecule has 0 radical (unpaired) electrons. The highest BCUT2D eigenvalue weighted by atomic mass is 16.2. The van der Waals surface area contributed by atoms with E-state index in [2.05, 4.69) is 0 Å². The fourth-order valence-corrected chi connectivity index (χ4v) is 2.01. The van der Waals surface area contributed by atoms with E-state index >= 15 is 0 Å². The number of nitrogens with two attached hydrogens (primary N) is 1. The Kier molecular flexibility index (Phi) is 3.84. The average molecular weight is 273 g/mol. The summed E-state index contributed by atoms with van der Waals surface area (Å²) < 4.78 is 2.36. The van der Waals surface area contributed by atoms with E-state index < -0.39 is 17.0 Å². The molecule has 0 aliphatic carbocycles. The fourth-order valence-electron chi connectivity index (χ4n) is 2.01. The van der Waals surface area contributed by atoms with Crippen molar-refractivity contribution in [2.75, 3.05) is 0 Å². The van der Waals surface area contributed by atoms with E-state index in [1.165, 1.54) is 17.0 Å². The second kappa shape index (κ2) is 5.56. The molecule has 1 unspecified atom stereocenters. The number of rotatable bonds is 4. The van der Waals surface area contributed by atoms with E-state index in [0.29, 0.717) is 0 Å². The summed E-state index contributed by atoms with van der Waals surface area (Å²) in [4.78, 5) is 34.8. The Labute approximate surface area is 115 Å². The molecule has 0 spiro atoms. The van der Waals surface area contributed by atoms with Crippen molar-refractivity contribution in [2.45, 2.75) is 19.5 Å². The van der Waals surface area contributed by atoms with E-state index in [-0.39, 0.29) is 12.6 Å². The molecule has 6 heteroatoms. The Hall–Kier alpha value is -2.63. The van der Waals surface area contributed by atoms with Crippen molar-refractivity contribution in [1.29, 1.82) is 0 Å². The van der Waals surface area contributed by atoms with Crippen LogP contribution in [-0.2, 0) is 11.3 Å². The molecule has 0 fully saturated rings. The van der Waals surface area contributed by atoms with Crippen LogP contribution in [0, 0.1) is 0 Å². The molecule has 1 aromatic heterocycles. The maximum absolute atomic E-state index is 12.1. The van der Waals surface area contributed by atoms with Gasteiger partial charge in [-0.05, 0) is 12.5 Å². The average Bonchev–Trinajstić information content (AvgIpc) is 2.44. The minimum Gasteiger partial charge on any atom is -0.368 e. The van der Waals surface area contributed by atoms with Crippen molar-refractivity contribution >= 4 is 5.91 Å². The lowest BCUT2D eigenvalue weighted by atomic mass is 10.1. The van der Waals surface area contributed by atoms with Gasteiger partial charge in [-0.2, -0.15) is 0 Å². The Bertz CT molecular complexity index is 731. The second-order valence-electron chi connectivity index (χ2n) is 4.50. The molecule has 0 aliphatic rings. The zero-order chi connectivity index (χ0) is 14.7. The molecular weight excluding hydrogens is 258 g/mol. The predicted molar refractivity (Wildman–Crippen MR) is 74.4 cm³/mol. The number of amides is 1. The van der Waals surface area contributed by atoms with Crippen LogP contribution in [0.1, 0.15) is 18.5 Å². The summed E-state index contributed by atoms with van der Waals surface area (Å²) >= 11 is 0. The fraction of sp³-hybridized carbons (Fsp3) is 0.214. The third-order valence-corrected chi connectivity index (χ3v) is 3.11. The van der Waals surface area contributed by atoms with Crippen LogP contribution in [0.5, 0.6) is 0 Å². The maximum Gasteiger partial charge on any atom is 0.317 e. The van der Waals surface area contributed by atoms with Crippen molar-refractivity contribution in [1.82, 2.24) is 9.13 Å². The zero-order valence-electron chi connectivity index (χ0n) is 11.0. The number of carbonyl (C=O) groups is 1. The molecule has 1 heterocycles. The van der Waals surface area contributed by atoms with Gasteiger partial charge in [-0.1, -0.05) is 30.3 Å². The lowest BCUT2D eigenvalue weighted by Crippen LogP contribution is -2.43. The van der Waals surface area contributed by atoms with Gasteiger partial charge in [0.1, 0.15) is 6.54 Å². The first-order valence-corrected chi connectivity index (χ1v) is 6.15. The van der Waals surface area contributed by atoms with E-state index in [1.807, 2.05) is 37.3 Å². The number of aromatic nitrogens is 2. The predicted octanol–water partition coefficient (Wildman–Crippen LogP) is 0.105. The largest absolute Gasteiger partial charge is 0.368 e. The highest BCUT2D eigenvalue weighted by molar-refractivity contribution is 5.73. The summed E-state index contributed by atoms with van der Waals surface area (Å²) in [5.74, 6) is -0.666. The van der Waals surface area contributed by atoms with Gasteiger partial charge in [-0.25, -0.2) is 0 Å². The molecule has 104 valence electrons. The summed E-state index contributed by atoms with van der Waals surface area (Å²) in [5, 5.41) is 0. The van der Waals surface area contributed by atoms with Gasteiger partial charge in [-0.3, -0.25) is 19.0 Å². The van der Waals surface area contributed by atoms with Gasteiger partial charge in [0.2, 0.25) is 5.91 Å². The number of nitrogens with zero attached hydrogens (tertiary/aromatic N) is 2. The van der Waals surface area contributed by atoms with Crippen LogP contribution in [0.3, 0.4) is 0 Å². The first-order chi connectivity index (χ1) is 9.50. The highest BCUT2D eigenvalue weighted by Crippen LogP contribution is 2.14. The van der Waals surface area contributed by atoms with Gasteiger partial charge in [-0.15, -0.1) is 0 Å². The summed E-state index contributed by atoms with van der Waals surface area (Å²) in [6.45, 7) is 1.53. The molecule has 20 heavy (non-hydrogen) atoms. The summed E-state index contributed by atoms with van der Waals surface area (Å²) in [7, 11) is 0. The second-order valence-corrected chi connectivity index (χ2v) is 4.50. The van der Waals surface area contributed by atoms with E-state index in [4.69, 9.17) is 5.73 Å². The minimum atomic E-state index is -0.755. The number of primary amides is 1. The van der Waals surface area contributed by atoms with Gasteiger partial charge in [0.05, 0.1) is 6.04 Å². The third-order valence-electron chi connectivity index (χ3n) is 3.11. The van der Waals surface area contributed by atoms with Crippen molar-refractivity contribution in [3.8, 4) is 0 Å². The molecule has 1 aromatic carbocycles. The van der Waals surface area contributed by atoms with Crippen LogP contribution in [0.15, 0.2) is 52.3 Å². The van der Waals surface area contributed by atoms with Crippen LogP contribution in [-0.4, -0.2) is 15.0 Å². The van der Waals surface area contributed by atoms with Crippen LogP contribution >= 0.6 is 0 Å². The topological polar surface area (TPSA) is 87.1 Å². The molecule has 2 rings (SSSR count). The quantitative estimate of drug-likeness (QED) is 0.802. The van der Waals surface area contributed by atoms with Crippen LogP contribution in [0.2, 0.25) is 0 Å². The zero-order valence-corrected chi connectivity index (χ0v) is 11.0. The first kappa shape index (κ1) is 13.8. The van der Waals surface area contributed by atoms with Crippen LogP contribution < -0.4 is 16.9 Å². The molecule has 1 atom stereocenters. The lowest BCUT2D eigenvalue weighted by Gasteiger charge is -2.15. The molecule has 0 saturated heterocycles. The van der Waals surface area contributed by atoms with Gasteiger partial charge in [0.25, 0.3) is 0 Å². The molecule has 2 aromatic rings. The van der Waals surface area contributed by atoms with E-state index in [1.54, 1.807) is 0 Å². The monoisotopic (exact) mass is 273 g/mol. The highest BCUT2D eigenvalue weighted by Gasteiger charge is 2.12.